The van der Waals surface area contributed by atoms with Gasteiger partial charge in [0.15, 0.2) is 0 Å². The molecule has 0 radical (unpaired) electrons. The Morgan fingerprint density at radius 2 is 1.64 bits per heavy atom. The second-order valence-corrected chi connectivity index (χ2v) is 6.34. The maximum atomic E-state index is 12.5. The largest absolute Gasteiger partial charge is 0.350 e. The third-order valence-electron chi connectivity index (χ3n) is 4.34. The molecule has 0 atom stereocenters. The van der Waals surface area contributed by atoms with Crippen molar-refractivity contribution in [3.05, 3.63) is 59.4 Å². The Balaban J connectivity index is 1.83. The van der Waals surface area contributed by atoms with Crippen molar-refractivity contribution in [3.63, 3.8) is 0 Å². The fourth-order valence-corrected chi connectivity index (χ4v) is 3.03. The highest BCUT2D eigenvalue weighted by molar-refractivity contribution is 5.98. The van der Waals surface area contributed by atoms with E-state index < -0.39 is 0 Å². The van der Waals surface area contributed by atoms with Crippen LogP contribution in [0.15, 0.2) is 42.7 Å². The highest BCUT2D eigenvalue weighted by Crippen LogP contribution is 2.25. The molecule has 2 aromatic carbocycles. The lowest BCUT2D eigenvalue weighted by Crippen LogP contribution is -2.31. The van der Waals surface area contributed by atoms with Crippen molar-refractivity contribution in [2.75, 3.05) is 23.8 Å². The molecule has 0 saturated heterocycles. The van der Waals surface area contributed by atoms with Gasteiger partial charge >= 0.3 is 0 Å². The minimum absolute atomic E-state index is 0.0692. The van der Waals surface area contributed by atoms with E-state index in [4.69, 9.17) is 0 Å². The van der Waals surface area contributed by atoms with Gasteiger partial charge in [0.1, 0.15) is 12.1 Å². The fraction of sp³-hybridized carbons (Fsp3) is 0.250. The van der Waals surface area contributed by atoms with Gasteiger partial charge in [-0.1, -0.05) is 30.3 Å². The van der Waals surface area contributed by atoms with Gasteiger partial charge in [-0.2, -0.15) is 0 Å². The molecule has 25 heavy (non-hydrogen) atoms. The molecule has 0 aliphatic heterocycles. The molecule has 0 saturated carbocycles. The average molecular weight is 334 g/mol. The SMILES string of the molecule is Cc1cccc(C)c1NC(=O)CN(C)c1ncnc2cccc(C)c12. The molecule has 0 aliphatic carbocycles. The minimum atomic E-state index is -0.0692. The number of hydrogen-bond acceptors (Lipinski definition) is 4. The van der Waals surface area contributed by atoms with Gasteiger partial charge in [-0.25, -0.2) is 9.97 Å². The van der Waals surface area contributed by atoms with E-state index in [2.05, 4.69) is 15.3 Å². The molecule has 3 rings (SSSR count). The summed E-state index contributed by atoms with van der Waals surface area (Å²) in [5.74, 6) is 0.694. The number of carbonyl (C=O) groups is 1. The third kappa shape index (κ3) is 3.45. The monoisotopic (exact) mass is 334 g/mol. The first-order valence-electron chi connectivity index (χ1n) is 8.25. The van der Waals surface area contributed by atoms with Crippen LogP contribution in [0.4, 0.5) is 11.5 Å². The van der Waals surface area contributed by atoms with Crippen LogP contribution in [0, 0.1) is 20.8 Å². The maximum Gasteiger partial charge on any atom is 0.243 e. The molecule has 0 unspecified atom stereocenters. The predicted octanol–water partition coefficient (Wildman–Crippen LogP) is 3.63. The summed E-state index contributed by atoms with van der Waals surface area (Å²) in [7, 11) is 1.87. The number of rotatable bonds is 4. The van der Waals surface area contributed by atoms with Crippen molar-refractivity contribution < 1.29 is 4.79 Å². The molecule has 3 aromatic rings. The number of carbonyl (C=O) groups excluding carboxylic acids is 1. The smallest absolute Gasteiger partial charge is 0.243 e. The summed E-state index contributed by atoms with van der Waals surface area (Å²) >= 11 is 0. The number of para-hydroxylation sites is 1. The Morgan fingerprint density at radius 3 is 2.36 bits per heavy atom. The van der Waals surface area contributed by atoms with E-state index in [0.29, 0.717) is 0 Å². The molecule has 0 aliphatic rings. The minimum Gasteiger partial charge on any atom is -0.350 e. The van der Waals surface area contributed by atoms with Gasteiger partial charge in [0.25, 0.3) is 0 Å². The second-order valence-electron chi connectivity index (χ2n) is 6.34. The molecule has 0 spiro atoms. The van der Waals surface area contributed by atoms with Gasteiger partial charge in [-0.05, 0) is 43.5 Å². The number of anilines is 2. The third-order valence-corrected chi connectivity index (χ3v) is 4.34. The van der Waals surface area contributed by atoms with E-state index in [0.717, 1.165) is 39.1 Å². The van der Waals surface area contributed by atoms with E-state index in [1.54, 1.807) is 0 Å². The van der Waals surface area contributed by atoms with E-state index >= 15 is 0 Å². The summed E-state index contributed by atoms with van der Waals surface area (Å²) in [5.41, 5.74) is 4.96. The summed E-state index contributed by atoms with van der Waals surface area (Å²) in [6.07, 6.45) is 1.54. The number of aryl methyl sites for hydroxylation is 3. The van der Waals surface area contributed by atoms with Crippen molar-refractivity contribution in [3.8, 4) is 0 Å². The van der Waals surface area contributed by atoms with E-state index in [1.807, 2.05) is 69.1 Å². The van der Waals surface area contributed by atoms with Gasteiger partial charge in [-0.15, -0.1) is 0 Å². The van der Waals surface area contributed by atoms with Crippen molar-refractivity contribution >= 4 is 28.3 Å². The summed E-state index contributed by atoms with van der Waals surface area (Å²) < 4.78 is 0. The average Bonchev–Trinajstić information content (AvgIpc) is 2.58. The zero-order chi connectivity index (χ0) is 18.0. The van der Waals surface area contributed by atoms with Crippen LogP contribution in [0.25, 0.3) is 10.9 Å². The predicted molar refractivity (Wildman–Crippen MR) is 102 cm³/mol. The standard InChI is InChI=1S/C20H22N4O/c1-13-7-6-10-16-18(13)20(22-12-21-16)24(4)11-17(25)23-19-14(2)8-5-9-15(19)3/h5-10,12H,11H2,1-4H3,(H,23,25). The van der Waals surface area contributed by atoms with E-state index in [1.165, 1.54) is 6.33 Å². The molecule has 5 nitrogen and oxygen atoms in total. The number of nitrogens with zero attached hydrogens (tertiary/aromatic N) is 3. The van der Waals surface area contributed by atoms with Crippen molar-refractivity contribution in [1.82, 2.24) is 9.97 Å². The van der Waals surface area contributed by atoms with Crippen LogP contribution in [0.5, 0.6) is 0 Å². The van der Waals surface area contributed by atoms with Gasteiger partial charge in [-0.3, -0.25) is 4.79 Å². The van der Waals surface area contributed by atoms with Crippen LogP contribution in [0.3, 0.4) is 0 Å². The Morgan fingerprint density at radius 1 is 1.00 bits per heavy atom. The number of fused-ring (bicyclic) bond motifs is 1. The van der Waals surface area contributed by atoms with Crippen LogP contribution in [0.2, 0.25) is 0 Å². The highest BCUT2D eigenvalue weighted by atomic mass is 16.2. The summed E-state index contributed by atoms with van der Waals surface area (Å²) in [6.45, 7) is 6.23. The van der Waals surface area contributed by atoms with Crippen LogP contribution in [-0.2, 0) is 4.79 Å². The number of likely N-dealkylation sites (N-methyl/N-ethyl adjacent to an activating group) is 1. The fourth-order valence-electron chi connectivity index (χ4n) is 3.03. The van der Waals surface area contributed by atoms with Crippen LogP contribution in [0.1, 0.15) is 16.7 Å². The molecule has 5 heteroatoms. The lowest BCUT2D eigenvalue weighted by Gasteiger charge is -2.20. The normalized spacial score (nSPS) is 10.7. The second kappa shape index (κ2) is 6.89. The highest BCUT2D eigenvalue weighted by Gasteiger charge is 2.15. The summed E-state index contributed by atoms with van der Waals surface area (Å²) in [5, 5.41) is 4.00. The zero-order valence-electron chi connectivity index (χ0n) is 15.0. The quantitative estimate of drug-likeness (QED) is 0.791. The Bertz CT molecular complexity index is 911. The van der Waals surface area contributed by atoms with Crippen molar-refractivity contribution in [2.24, 2.45) is 0 Å². The van der Waals surface area contributed by atoms with Crippen LogP contribution in [-0.4, -0.2) is 29.5 Å². The molecule has 1 N–H and O–H groups in total. The molecule has 1 amide bonds. The first-order chi connectivity index (χ1) is 12.0. The van der Waals surface area contributed by atoms with Crippen molar-refractivity contribution in [1.29, 1.82) is 0 Å². The van der Waals surface area contributed by atoms with Crippen molar-refractivity contribution in [2.45, 2.75) is 20.8 Å². The van der Waals surface area contributed by atoms with E-state index in [-0.39, 0.29) is 12.5 Å². The topological polar surface area (TPSA) is 58.1 Å². The zero-order valence-corrected chi connectivity index (χ0v) is 15.0. The summed E-state index contributed by atoms with van der Waals surface area (Å²) in [4.78, 5) is 23.1. The Hall–Kier alpha value is -2.95. The molecular formula is C20H22N4O. The number of nitrogens with one attached hydrogen (secondary N) is 1. The molecule has 0 bridgehead atoms. The molecule has 0 fully saturated rings. The maximum absolute atomic E-state index is 12.5. The van der Waals surface area contributed by atoms with Crippen LogP contribution >= 0.6 is 0 Å². The van der Waals surface area contributed by atoms with E-state index in [9.17, 15) is 4.79 Å². The molecule has 1 heterocycles. The lowest BCUT2D eigenvalue weighted by atomic mass is 10.1. The molecule has 1 aromatic heterocycles. The van der Waals surface area contributed by atoms with Gasteiger partial charge < -0.3 is 10.2 Å². The molecule has 128 valence electrons. The van der Waals surface area contributed by atoms with Gasteiger partial charge in [0.2, 0.25) is 5.91 Å². The Kier molecular flexibility index (Phi) is 4.65. The summed E-state index contributed by atoms with van der Waals surface area (Å²) in [6, 6.07) is 11.9. The first-order valence-corrected chi connectivity index (χ1v) is 8.25. The van der Waals surface area contributed by atoms with Gasteiger partial charge in [0.05, 0.1) is 12.1 Å². The number of amides is 1. The number of benzene rings is 2. The lowest BCUT2D eigenvalue weighted by molar-refractivity contribution is -0.114. The number of aromatic nitrogens is 2. The Labute approximate surface area is 147 Å². The first kappa shape index (κ1) is 16.9. The molecular weight excluding hydrogens is 312 g/mol. The van der Waals surface area contributed by atoms with Gasteiger partial charge in [0, 0.05) is 18.1 Å². The number of hydrogen-bond donors (Lipinski definition) is 1. The van der Waals surface area contributed by atoms with Crippen LogP contribution < -0.4 is 10.2 Å².